The number of rotatable bonds is 5. The van der Waals surface area contributed by atoms with Crippen LogP contribution in [-0.4, -0.2) is 11.7 Å². The van der Waals surface area contributed by atoms with Crippen LogP contribution in [0.3, 0.4) is 0 Å². The van der Waals surface area contributed by atoms with Crippen LogP contribution in [0.15, 0.2) is 48.5 Å². The molecule has 2 rings (SSSR count). The molecule has 2 aromatic rings. The summed E-state index contributed by atoms with van der Waals surface area (Å²) in [5.41, 5.74) is 9.41. The molecule has 0 heterocycles. The second-order valence-corrected chi connectivity index (χ2v) is 5.59. The van der Waals surface area contributed by atoms with E-state index in [2.05, 4.69) is 17.4 Å². The van der Waals surface area contributed by atoms with Gasteiger partial charge in [0.2, 0.25) is 5.91 Å². The van der Waals surface area contributed by atoms with Crippen molar-refractivity contribution in [2.24, 2.45) is 0 Å². The largest absolute Gasteiger partial charge is 0.399 e. The van der Waals surface area contributed by atoms with Gasteiger partial charge in [-0.3, -0.25) is 4.79 Å². The highest BCUT2D eigenvalue weighted by atomic mass is 32.2. The maximum absolute atomic E-state index is 11.9. The van der Waals surface area contributed by atoms with E-state index >= 15 is 0 Å². The van der Waals surface area contributed by atoms with Crippen LogP contribution < -0.4 is 11.1 Å². The van der Waals surface area contributed by atoms with Crippen molar-refractivity contribution in [3.05, 3.63) is 59.7 Å². The van der Waals surface area contributed by atoms with Crippen LogP contribution in [0.25, 0.3) is 0 Å². The quantitative estimate of drug-likeness (QED) is 0.828. The Morgan fingerprint density at radius 3 is 2.70 bits per heavy atom. The Labute approximate surface area is 123 Å². The van der Waals surface area contributed by atoms with Crippen LogP contribution in [-0.2, 0) is 10.5 Å². The predicted molar refractivity (Wildman–Crippen MR) is 86.8 cm³/mol. The number of hydrogen-bond donors (Lipinski definition) is 2. The predicted octanol–water partition coefficient (Wildman–Crippen LogP) is 3.45. The monoisotopic (exact) mass is 286 g/mol. The zero-order valence-electron chi connectivity index (χ0n) is 11.4. The molecule has 0 saturated heterocycles. The summed E-state index contributed by atoms with van der Waals surface area (Å²) in [6, 6.07) is 15.6. The van der Waals surface area contributed by atoms with Gasteiger partial charge in [0.05, 0.1) is 5.75 Å². The number of benzene rings is 2. The van der Waals surface area contributed by atoms with Crippen molar-refractivity contribution < 1.29 is 4.79 Å². The van der Waals surface area contributed by atoms with E-state index in [9.17, 15) is 4.79 Å². The number of amides is 1. The Balaban J connectivity index is 1.82. The molecule has 0 aliphatic rings. The summed E-state index contributed by atoms with van der Waals surface area (Å²) < 4.78 is 0. The summed E-state index contributed by atoms with van der Waals surface area (Å²) in [6.45, 7) is 1.95. The van der Waals surface area contributed by atoms with E-state index in [1.165, 1.54) is 5.56 Å². The molecule has 0 atom stereocenters. The zero-order chi connectivity index (χ0) is 14.4. The van der Waals surface area contributed by atoms with E-state index in [0.29, 0.717) is 11.4 Å². The summed E-state index contributed by atoms with van der Waals surface area (Å²) in [4.78, 5) is 11.9. The van der Waals surface area contributed by atoms with Gasteiger partial charge in [0.15, 0.2) is 0 Å². The Morgan fingerprint density at radius 2 is 1.95 bits per heavy atom. The van der Waals surface area contributed by atoms with E-state index in [4.69, 9.17) is 5.73 Å². The van der Waals surface area contributed by atoms with Crippen molar-refractivity contribution in [2.45, 2.75) is 12.7 Å². The van der Waals surface area contributed by atoms with E-state index in [0.717, 1.165) is 17.0 Å². The first-order valence-corrected chi connectivity index (χ1v) is 7.58. The number of thioether (sulfide) groups is 1. The lowest BCUT2D eigenvalue weighted by atomic mass is 10.2. The number of aryl methyl sites for hydroxylation is 1. The Morgan fingerprint density at radius 1 is 1.20 bits per heavy atom. The van der Waals surface area contributed by atoms with Crippen molar-refractivity contribution in [2.75, 3.05) is 16.8 Å². The molecule has 20 heavy (non-hydrogen) atoms. The van der Waals surface area contributed by atoms with Crippen molar-refractivity contribution in [1.29, 1.82) is 0 Å². The van der Waals surface area contributed by atoms with Crippen molar-refractivity contribution in [3.63, 3.8) is 0 Å². The number of nitrogen functional groups attached to an aromatic ring is 1. The van der Waals surface area contributed by atoms with E-state index < -0.39 is 0 Å². The number of nitrogens with one attached hydrogen (secondary N) is 1. The third kappa shape index (κ3) is 4.31. The lowest BCUT2D eigenvalue weighted by Crippen LogP contribution is -2.15. The molecule has 104 valence electrons. The van der Waals surface area contributed by atoms with Gasteiger partial charge in [-0.15, -0.1) is 11.8 Å². The molecular formula is C16H18N2OS. The average Bonchev–Trinajstić information content (AvgIpc) is 2.44. The smallest absolute Gasteiger partial charge is 0.234 e. The van der Waals surface area contributed by atoms with Gasteiger partial charge in [-0.2, -0.15) is 0 Å². The van der Waals surface area contributed by atoms with Crippen LogP contribution in [0.5, 0.6) is 0 Å². The fraction of sp³-hybridized carbons (Fsp3) is 0.188. The second kappa shape index (κ2) is 7.01. The highest BCUT2D eigenvalue weighted by Gasteiger charge is 2.05. The number of carbonyl (C=O) groups excluding carboxylic acids is 1. The molecule has 0 bridgehead atoms. The average molecular weight is 286 g/mol. The van der Waals surface area contributed by atoms with Crippen molar-refractivity contribution in [3.8, 4) is 0 Å². The third-order valence-electron chi connectivity index (χ3n) is 2.88. The maximum Gasteiger partial charge on any atom is 0.234 e. The fourth-order valence-corrected chi connectivity index (χ4v) is 2.58. The topological polar surface area (TPSA) is 55.1 Å². The maximum atomic E-state index is 11.9. The Bertz CT molecular complexity index is 584. The number of carbonyl (C=O) groups is 1. The van der Waals surface area contributed by atoms with E-state index in [1.807, 2.05) is 37.3 Å². The number of hydrogen-bond acceptors (Lipinski definition) is 3. The van der Waals surface area contributed by atoms with Gasteiger partial charge < -0.3 is 11.1 Å². The lowest BCUT2D eigenvalue weighted by molar-refractivity contribution is -0.113. The molecule has 3 nitrogen and oxygen atoms in total. The minimum atomic E-state index is -0.000342. The molecule has 0 aliphatic carbocycles. The summed E-state index contributed by atoms with van der Waals surface area (Å²) in [6.07, 6.45) is 0. The van der Waals surface area contributed by atoms with Crippen LogP contribution in [0.2, 0.25) is 0 Å². The number of anilines is 2. The van der Waals surface area contributed by atoms with Gasteiger partial charge in [0.1, 0.15) is 0 Å². The fourth-order valence-electron chi connectivity index (χ4n) is 1.80. The second-order valence-electron chi connectivity index (χ2n) is 4.60. The first-order valence-electron chi connectivity index (χ1n) is 6.43. The molecule has 0 spiro atoms. The molecule has 0 aliphatic heterocycles. The standard InChI is InChI=1S/C16H18N2OS/c1-12-7-8-14(17)9-15(12)18-16(19)11-20-10-13-5-3-2-4-6-13/h2-9H,10-11,17H2,1H3,(H,18,19). The zero-order valence-corrected chi connectivity index (χ0v) is 12.2. The van der Waals surface area contributed by atoms with Gasteiger partial charge in [0, 0.05) is 17.1 Å². The van der Waals surface area contributed by atoms with Gasteiger partial charge >= 0.3 is 0 Å². The van der Waals surface area contributed by atoms with Crippen molar-refractivity contribution in [1.82, 2.24) is 0 Å². The first-order chi connectivity index (χ1) is 9.65. The Hall–Kier alpha value is -1.94. The summed E-state index contributed by atoms with van der Waals surface area (Å²) >= 11 is 1.60. The SMILES string of the molecule is Cc1ccc(N)cc1NC(=O)CSCc1ccccc1. The molecule has 0 radical (unpaired) electrons. The minimum absolute atomic E-state index is 0.000342. The van der Waals surface area contributed by atoms with Gasteiger partial charge in [-0.1, -0.05) is 36.4 Å². The normalized spacial score (nSPS) is 10.2. The van der Waals surface area contributed by atoms with Gasteiger partial charge in [-0.25, -0.2) is 0 Å². The molecule has 1 amide bonds. The lowest BCUT2D eigenvalue weighted by Gasteiger charge is -2.09. The third-order valence-corrected chi connectivity index (χ3v) is 3.88. The van der Waals surface area contributed by atoms with Crippen LogP contribution in [0.1, 0.15) is 11.1 Å². The summed E-state index contributed by atoms with van der Waals surface area (Å²) in [5, 5.41) is 2.90. The highest BCUT2D eigenvalue weighted by Crippen LogP contribution is 2.19. The molecular weight excluding hydrogens is 268 g/mol. The minimum Gasteiger partial charge on any atom is -0.399 e. The van der Waals surface area contributed by atoms with Crippen LogP contribution >= 0.6 is 11.8 Å². The number of nitrogens with two attached hydrogens (primary N) is 1. The molecule has 0 unspecified atom stereocenters. The Kier molecular flexibility index (Phi) is 5.07. The van der Waals surface area contributed by atoms with Crippen molar-refractivity contribution >= 4 is 29.0 Å². The molecule has 2 aromatic carbocycles. The molecule has 3 N–H and O–H groups in total. The summed E-state index contributed by atoms with van der Waals surface area (Å²) in [5.74, 6) is 1.27. The van der Waals surface area contributed by atoms with E-state index in [1.54, 1.807) is 17.8 Å². The highest BCUT2D eigenvalue weighted by molar-refractivity contribution is 7.99. The molecule has 0 aromatic heterocycles. The van der Waals surface area contributed by atoms with Gasteiger partial charge in [-0.05, 0) is 30.2 Å². The molecule has 4 heteroatoms. The van der Waals surface area contributed by atoms with Gasteiger partial charge in [0.25, 0.3) is 0 Å². The first kappa shape index (κ1) is 14.5. The van der Waals surface area contributed by atoms with Crippen LogP contribution in [0, 0.1) is 6.92 Å². The molecule has 0 fully saturated rings. The molecule has 0 saturated carbocycles. The van der Waals surface area contributed by atoms with E-state index in [-0.39, 0.29) is 5.91 Å². The van der Waals surface area contributed by atoms with Crippen LogP contribution in [0.4, 0.5) is 11.4 Å². The summed E-state index contributed by atoms with van der Waals surface area (Å²) in [7, 11) is 0.